The molecule has 0 aromatic heterocycles. The van der Waals surface area contributed by atoms with Crippen LogP contribution in [0.4, 0.5) is 15.8 Å². The molecule has 0 aliphatic heterocycles. The molecule has 1 saturated carbocycles. The predicted molar refractivity (Wildman–Crippen MR) is 76.6 cm³/mol. The first kappa shape index (κ1) is 14.6. The zero-order valence-corrected chi connectivity index (χ0v) is 11.5. The van der Waals surface area contributed by atoms with Crippen LogP contribution < -0.4 is 10.6 Å². The fourth-order valence-corrected chi connectivity index (χ4v) is 2.14. The highest BCUT2D eigenvalue weighted by atomic mass is 32.2. The van der Waals surface area contributed by atoms with Gasteiger partial charge in [-0.3, -0.25) is 9.59 Å². The van der Waals surface area contributed by atoms with Gasteiger partial charge in [-0.1, -0.05) is 0 Å². The number of carboxylic acids is 1. The van der Waals surface area contributed by atoms with E-state index in [4.69, 9.17) is 5.11 Å². The maximum atomic E-state index is 13.2. The second kappa shape index (κ2) is 6.60. The lowest BCUT2D eigenvalue weighted by Gasteiger charge is -2.12. The van der Waals surface area contributed by atoms with Gasteiger partial charge in [0.05, 0.1) is 22.9 Å². The number of thioether (sulfide) groups is 1. The second-order valence-electron chi connectivity index (χ2n) is 4.54. The summed E-state index contributed by atoms with van der Waals surface area (Å²) in [5, 5.41) is 14.3. The normalized spacial score (nSPS) is 13.8. The number of hydrogen-bond acceptors (Lipinski definition) is 4. The molecule has 0 atom stereocenters. The van der Waals surface area contributed by atoms with Crippen LogP contribution in [0.3, 0.4) is 0 Å². The van der Waals surface area contributed by atoms with Gasteiger partial charge in [-0.2, -0.15) is 0 Å². The Morgan fingerprint density at radius 2 is 2.05 bits per heavy atom. The van der Waals surface area contributed by atoms with E-state index in [1.54, 1.807) is 0 Å². The van der Waals surface area contributed by atoms with Crippen LogP contribution in [0.15, 0.2) is 18.2 Å². The number of carboxylic acid groups (broad SMARTS) is 1. The average molecular weight is 298 g/mol. The fourth-order valence-electron chi connectivity index (χ4n) is 1.61. The molecule has 0 radical (unpaired) electrons. The van der Waals surface area contributed by atoms with Crippen LogP contribution >= 0.6 is 11.8 Å². The molecule has 1 fully saturated rings. The monoisotopic (exact) mass is 298 g/mol. The van der Waals surface area contributed by atoms with Crippen molar-refractivity contribution in [1.29, 1.82) is 0 Å². The molecule has 1 aliphatic carbocycles. The van der Waals surface area contributed by atoms with Crippen molar-refractivity contribution < 1.29 is 19.1 Å². The summed E-state index contributed by atoms with van der Waals surface area (Å²) in [6, 6.07) is 4.46. The van der Waals surface area contributed by atoms with Crippen molar-refractivity contribution >= 4 is 35.0 Å². The smallest absolute Gasteiger partial charge is 0.313 e. The van der Waals surface area contributed by atoms with Crippen LogP contribution in [0, 0.1) is 5.82 Å². The summed E-state index contributed by atoms with van der Waals surface area (Å²) in [7, 11) is 0. The summed E-state index contributed by atoms with van der Waals surface area (Å²) >= 11 is 1.02. The van der Waals surface area contributed by atoms with Crippen molar-refractivity contribution in [2.75, 3.05) is 22.1 Å². The van der Waals surface area contributed by atoms with Gasteiger partial charge in [0.1, 0.15) is 5.82 Å². The standard InChI is InChI=1S/C13H15FN2O3S/c14-8-1-4-10(11(5-8)15-9-2-3-9)16-12(17)6-20-7-13(18)19/h1,4-5,9,15H,2-3,6-7H2,(H,16,17)(H,18,19). The number of aliphatic carboxylic acids is 1. The third-order valence-corrected chi connectivity index (χ3v) is 3.57. The molecule has 1 aliphatic rings. The van der Waals surface area contributed by atoms with Gasteiger partial charge >= 0.3 is 5.97 Å². The number of benzene rings is 1. The van der Waals surface area contributed by atoms with Gasteiger partial charge in [0, 0.05) is 6.04 Å². The second-order valence-corrected chi connectivity index (χ2v) is 5.53. The molecule has 5 nitrogen and oxygen atoms in total. The lowest BCUT2D eigenvalue weighted by Crippen LogP contribution is -2.17. The summed E-state index contributed by atoms with van der Waals surface area (Å²) in [6.07, 6.45) is 2.08. The molecule has 0 heterocycles. The Hall–Kier alpha value is -1.76. The Morgan fingerprint density at radius 3 is 2.70 bits per heavy atom. The van der Waals surface area contributed by atoms with Gasteiger partial charge in [-0.05, 0) is 31.0 Å². The highest BCUT2D eigenvalue weighted by molar-refractivity contribution is 8.00. The zero-order valence-electron chi connectivity index (χ0n) is 10.7. The number of amides is 1. The Morgan fingerprint density at radius 1 is 1.30 bits per heavy atom. The van der Waals surface area contributed by atoms with Gasteiger partial charge in [0.15, 0.2) is 0 Å². The van der Waals surface area contributed by atoms with E-state index in [1.807, 2.05) is 0 Å². The highest BCUT2D eigenvalue weighted by Crippen LogP contribution is 2.30. The SMILES string of the molecule is O=C(O)CSCC(=O)Nc1ccc(F)cc1NC1CC1. The maximum absolute atomic E-state index is 13.2. The van der Waals surface area contributed by atoms with Gasteiger partial charge in [0.25, 0.3) is 0 Å². The van der Waals surface area contributed by atoms with E-state index in [0.29, 0.717) is 17.4 Å². The van der Waals surface area contributed by atoms with Crippen molar-refractivity contribution in [2.45, 2.75) is 18.9 Å². The van der Waals surface area contributed by atoms with Crippen LogP contribution in [0.25, 0.3) is 0 Å². The Balaban J connectivity index is 1.93. The number of carbonyl (C=O) groups excluding carboxylic acids is 1. The van der Waals surface area contributed by atoms with Crippen LogP contribution in [-0.4, -0.2) is 34.5 Å². The molecule has 20 heavy (non-hydrogen) atoms. The van der Waals surface area contributed by atoms with E-state index in [2.05, 4.69) is 10.6 Å². The summed E-state index contributed by atoms with van der Waals surface area (Å²) in [5.41, 5.74) is 1.07. The van der Waals surface area contributed by atoms with Gasteiger partial charge in [0.2, 0.25) is 5.91 Å². The minimum absolute atomic E-state index is 0.0482. The van der Waals surface area contributed by atoms with Gasteiger partial charge in [-0.15, -0.1) is 11.8 Å². The van der Waals surface area contributed by atoms with Crippen LogP contribution in [0.2, 0.25) is 0 Å². The number of hydrogen-bond donors (Lipinski definition) is 3. The number of rotatable bonds is 7. The minimum atomic E-state index is -0.958. The third kappa shape index (κ3) is 4.73. The summed E-state index contributed by atoms with van der Waals surface area (Å²) in [6.45, 7) is 0. The van der Waals surface area contributed by atoms with Crippen molar-refractivity contribution in [3.63, 3.8) is 0 Å². The minimum Gasteiger partial charge on any atom is -0.481 e. The summed E-state index contributed by atoms with van der Waals surface area (Å²) < 4.78 is 13.2. The third-order valence-electron chi connectivity index (χ3n) is 2.65. The number of carbonyl (C=O) groups is 2. The van der Waals surface area contributed by atoms with Crippen LogP contribution in [0.1, 0.15) is 12.8 Å². The van der Waals surface area contributed by atoms with Crippen LogP contribution in [0.5, 0.6) is 0 Å². The lowest BCUT2D eigenvalue weighted by atomic mass is 10.2. The molecule has 0 unspecified atom stereocenters. The Labute approximate surface area is 119 Å². The summed E-state index contributed by atoms with van der Waals surface area (Å²) in [4.78, 5) is 22.0. The van der Waals surface area contributed by atoms with Crippen molar-refractivity contribution in [1.82, 2.24) is 0 Å². The zero-order chi connectivity index (χ0) is 14.5. The molecular weight excluding hydrogens is 283 g/mol. The van der Waals surface area contributed by atoms with E-state index >= 15 is 0 Å². The highest BCUT2D eigenvalue weighted by Gasteiger charge is 2.22. The molecule has 1 aromatic rings. The predicted octanol–water partition coefficient (Wildman–Crippen LogP) is 2.16. The van der Waals surface area contributed by atoms with Gasteiger partial charge < -0.3 is 15.7 Å². The average Bonchev–Trinajstić information content (AvgIpc) is 3.16. The van der Waals surface area contributed by atoms with Crippen molar-refractivity contribution in [3.8, 4) is 0 Å². The van der Waals surface area contributed by atoms with E-state index in [1.165, 1.54) is 18.2 Å². The molecule has 7 heteroatoms. The Kier molecular flexibility index (Phi) is 4.84. The lowest BCUT2D eigenvalue weighted by molar-refractivity contribution is -0.133. The molecule has 0 bridgehead atoms. The summed E-state index contributed by atoms with van der Waals surface area (Å²) in [5.74, 6) is -1.70. The number of nitrogens with one attached hydrogen (secondary N) is 2. The molecule has 0 saturated heterocycles. The maximum Gasteiger partial charge on any atom is 0.313 e. The topological polar surface area (TPSA) is 78.4 Å². The molecule has 3 N–H and O–H groups in total. The molecule has 108 valence electrons. The first-order valence-electron chi connectivity index (χ1n) is 6.20. The number of halogens is 1. The van der Waals surface area contributed by atoms with E-state index in [9.17, 15) is 14.0 Å². The van der Waals surface area contributed by atoms with E-state index < -0.39 is 5.97 Å². The van der Waals surface area contributed by atoms with Crippen molar-refractivity contribution in [2.24, 2.45) is 0 Å². The van der Waals surface area contributed by atoms with Crippen LogP contribution in [-0.2, 0) is 9.59 Å². The van der Waals surface area contributed by atoms with E-state index in [0.717, 1.165) is 24.6 Å². The van der Waals surface area contributed by atoms with Gasteiger partial charge in [-0.25, -0.2) is 4.39 Å². The largest absolute Gasteiger partial charge is 0.481 e. The molecule has 1 amide bonds. The molecule has 2 rings (SSSR count). The molecular formula is C13H15FN2O3S. The molecule has 1 aromatic carbocycles. The number of anilines is 2. The Bertz CT molecular complexity index is 520. The first-order chi connectivity index (χ1) is 9.54. The van der Waals surface area contributed by atoms with E-state index in [-0.39, 0.29) is 23.2 Å². The first-order valence-corrected chi connectivity index (χ1v) is 7.35. The fraction of sp³-hybridized carbons (Fsp3) is 0.385. The quantitative estimate of drug-likeness (QED) is 0.719. The van der Waals surface area contributed by atoms with Crippen molar-refractivity contribution in [3.05, 3.63) is 24.0 Å². The molecule has 0 spiro atoms.